The highest BCUT2D eigenvalue weighted by molar-refractivity contribution is 6.74. The molecule has 0 aromatic carbocycles. The molecule has 2 heterocycles. The van der Waals surface area contributed by atoms with E-state index in [4.69, 9.17) is 10.2 Å². The third-order valence-electron chi connectivity index (χ3n) is 5.24. The second-order valence-electron chi connectivity index (χ2n) is 7.94. The second-order valence-corrected chi connectivity index (χ2v) is 12.8. The van der Waals surface area contributed by atoms with Gasteiger partial charge in [-0.3, -0.25) is 0 Å². The number of hydrogen-bond acceptors (Lipinski definition) is 4. The van der Waals surface area contributed by atoms with E-state index in [1.807, 2.05) is 12.3 Å². The number of piperidine rings is 1. The van der Waals surface area contributed by atoms with Crippen LogP contribution < -0.4 is 10.6 Å². The topological polar surface area (TPSA) is 51.4 Å². The normalized spacial score (nSPS) is 17.8. The van der Waals surface area contributed by atoms with Gasteiger partial charge in [0.2, 0.25) is 0 Å². The van der Waals surface area contributed by atoms with E-state index in [0.29, 0.717) is 16.8 Å². The second kappa shape index (κ2) is 6.58. The highest BCUT2D eigenvalue weighted by Crippen LogP contribution is 2.37. The first-order valence-electron chi connectivity index (χ1n) is 8.29. The van der Waals surface area contributed by atoms with Crippen LogP contribution in [0, 0.1) is 5.92 Å². The van der Waals surface area contributed by atoms with Crippen LogP contribution in [0.3, 0.4) is 0 Å². The van der Waals surface area contributed by atoms with E-state index in [0.717, 1.165) is 19.7 Å². The van der Waals surface area contributed by atoms with Gasteiger partial charge in [-0.25, -0.2) is 4.98 Å². The molecule has 0 amide bonds. The van der Waals surface area contributed by atoms with Crippen LogP contribution in [0.1, 0.15) is 33.6 Å². The predicted molar refractivity (Wildman–Crippen MR) is 96.7 cm³/mol. The lowest BCUT2D eigenvalue weighted by Gasteiger charge is -2.39. The van der Waals surface area contributed by atoms with Crippen LogP contribution in [0.4, 0.5) is 11.5 Å². The molecule has 5 heteroatoms. The minimum atomic E-state index is -1.61. The molecule has 22 heavy (non-hydrogen) atoms. The predicted octanol–water partition coefficient (Wildman–Crippen LogP) is 3.90. The van der Waals surface area contributed by atoms with Crippen molar-refractivity contribution in [3.05, 3.63) is 18.3 Å². The average molecular weight is 322 g/mol. The van der Waals surface area contributed by atoms with Crippen molar-refractivity contribution in [1.29, 1.82) is 0 Å². The number of hydrogen-bond donors (Lipinski definition) is 1. The van der Waals surface area contributed by atoms with Gasteiger partial charge in [-0.1, -0.05) is 20.8 Å². The number of pyridine rings is 1. The van der Waals surface area contributed by atoms with Crippen LogP contribution in [-0.4, -0.2) is 33.0 Å². The van der Waals surface area contributed by atoms with Crippen LogP contribution in [0.2, 0.25) is 18.1 Å². The Kier molecular flexibility index (Phi) is 5.17. The number of anilines is 2. The summed E-state index contributed by atoms with van der Waals surface area (Å²) in [7, 11) is -1.61. The van der Waals surface area contributed by atoms with Crippen molar-refractivity contribution in [2.75, 3.05) is 30.3 Å². The summed E-state index contributed by atoms with van der Waals surface area (Å²) in [6.45, 7) is 14.7. The fourth-order valence-electron chi connectivity index (χ4n) is 2.49. The minimum Gasteiger partial charge on any atom is -0.417 e. The molecule has 0 bridgehead atoms. The SMILES string of the molecule is CC(C)(C)[Si](C)(C)OCC1CCN(c2ccc(N)nc2)CC1. The molecule has 0 unspecified atom stereocenters. The maximum atomic E-state index is 6.38. The summed E-state index contributed by atoms with van der Waals surface area (Å²) in [5.41, 5.74) is 6.83. The van der Waals surface area contributed by atoms with E-state index in [1.165, 1.54) is 18.5 Å². The van der Waals surface area contributed by atoms with Crippen LogP contribution in [0.15, 0.2) is 18.3 Å². The molecule has 2 rings (SSSR count). The number of nitrogen functional groups attached to an aromatic ring is 1. The standard InChI is InChI=1S/C17H31N3OSi/c1-17(2,3)22(4,5)21-13-14-8-10-20(11-9-14)15-6-7-16(18)19-12-15/h6-7,12,14H,8-11,13H2,1-5H3,(H2,18,19). The number of nitrogens with zero attached hydrogens (tertiary/aromatic N) is 2. The fourth-order valence-corrected chi connectivity index (χ4v) is 3.57. The molecule has 4 nitrogen and oxygen atoms in total. The Morgan fingerprint density at radius 1 is 1.27 bits per heavy atom. The Morgan fingerprint density at radius 2 is 1.91 bits per heavy atom. The lowest BCUT2D eigenvalue weighted by molar-refractivity contribution is 0.205. The first-order valence-corrected chi connectivity index (χ1v) is 11.2. The summed E-state index contributed by atoms with van der Waals surface area (Å²) in [6, 6.07) is 3.94. The monoisotopic (exact) mass is 321 g/mol. The van der Waals surface area contributed by atoms with Gasteiger partial charge in [-0.15, -0.1) is 0 Å². The molecule has 1 fully saturated rings. The molecule has 1 aliphatic heterocycles. The van der Waals surface area contributed by atoms with Gasteiger partial charge in [0, 0.05) is 19.7 Å². The van der Waals surface area contributed by atoms with E-state index >= 15 is 0 Å². The van der Waals surface area contributed by atoms with Gasteiger partial charge in [-0.2, -0.15) is 0 Å². The molecule has 0 aliphatic carbocycles. The van der Waals surface area contributed by atoms with Gasteiger partial charge in [0.15, 0.2) is 8.32 Å². The summed E-state index contributed by atoms with van der Waals surface area (Å²) < 4.78 is 6.38. The summed E-state index contributed by atoms with van der Waals surface area (Å²) in [4.78, 5) is 6.58. The van der Waals surface area contributed by atoms with E-state index in [2.05, 4.69) is 49.8 Å². The quantitative estimate of drug-likeness (QED) is 0.855. The van der Waals surface area contributed by atoms with Crippen molar-refractivity contribution < 1.29 is 4.43 Å². The van der Waals surface area contributed by atoms with E-state index in [1.54, 1.807) is 0 Å². The fraction of sp³-hybridized carbons (Fsp3) is 0.706. The molecule has 0 atom stereocenters. The van der Waals surface area contributed by atoms with Crippen molar-refractivity contribution in [1.82, 2.24) is 4.98 Å². The molecule has 1 saturated heterocycles. The number of nitrogens with two attached hydrogens (primary N) is 1. The molecule has 0 radical (unpaired) electrons. The summed E-state index contributed by atoms with van der Waals surface area (Å²) in [5, 5.41) is 0.295. The van der Waals surface area contributed by atoms with Gasteiger partial charge in [-0.05, 0) is 49.0 Å². The summed E-state index contributed by atoms with van der Waals surface area (Å²) in [5.74, 6) is 1.27. The molecule has 1 aliphatic rings. The number of rotatable bonds is 4. The van der Waals surface area contributed by atoms with Gasteiger partial charge in [0.05, 0.1) is 11.9 Å². The van der Waals surface area contributed by atoms with Crippen molar-refractivity contribution in [3.63, 3.8) is 0 Å². The van der Waals surface area contributed by atoms with E-state index in [-0.39, 0.29) is 0 Å². The highest BCUT2D eigenvalue weighted by atomic mass is 28.4. The maximum Gasteiger partial charge on any atom is 0.191 e. The van der Waals surface area contributed by atoms with Crippen molar-refractivity contribution in [2.24, 2.45) is 5.92 Å². The molecule has 1 aromatic heterocycles. The molecule has 0 saturated carbocycles. The largest absolute Gasteiger partial charge is 0.417 e. The molecule has 0 spiro atoms. The first-order chi connectivity index (χ1) is 10.2. The number of aromatic nitrogens is 1. The lowest BCUT2D eigenvalue weighted by atomic mass is 9.98. The van der Waals surface area contributed by atoms with Crippen LogP contribution in [0.25, 0.3) is 0 Å². The summed E-state index contributed by atoms with van der Waals surface area (Å²) >= 11 is 0. The Balaban J connectivity index is 1.81. The lowest BCUT2D eigenvalue weighted by Crippen LogP contribution is -2.43. The van der Waals surface area contributed by atoms with Crippen LogP contribution >= 0.6 is 0 Å². The van der Waals surface area contributed by atoms with E-state index in [9.17, 15) is 0 Å². The summed E-state index contributed by atoms with van der Waals surface area (Å²) in [6.07, 6.45) is 4.26. The third-order valence-corrected chi connectivity index (χ3v) is 9.74. The highest BCUT2D eigenvalue weighted by Gasteiger charge is 2.37. The van der Waals surface area contributed by atoms with Gasteiger partial charge < -0.3 is 15.1 Å². The Morgan fingerprint density at radius 3 is 2.41 bits per heavy atom. The van der Waals surface area contributed by atoms with E-state index < -0.39 is 8.32 Å². The van der Waals surface area contributed by atoms with Crippen molar-refractivity contribution >= 4 is 19.8 Å². The smallest absolute Gasteiger partial charge is 0.191 e. The minimum absolute atomic E-state index is 0.295. The molecular weight excluding hydrogens is 290 g/mol. The zero-order chi connectivity index (χ0) is 16.4. The average Bonchev–Trinajstić information content (AvgIpc) is 2.45. The molecular formula is C17H31N3OSi. The Bertz CT molecular complexity index is 474. The molecule has 1 aromatic rings. The third kappa shape index (κ3) is 4.23. The Labute approximate surface area is 136 Å². The van der Waals surface area contributed by atoms with Crippen molar-refractivity contribution in [2.45, 2.75) is 51.7 Å². The van der Waals surface area contributed by atoms with Gasteiger partial charge in [0.1, 0.15) is 5.82 Å². The molecule has 124 valence electrons. The van der Waals surface area contributed by atoms with Crippen molar-refractivity contribution in [3.8, 4) is 0 Å². The zero-order valence-electron chi connectivity index (χ0n) is 14.7. The van der Waals surface area contributed by atoms with Crippen LogP contribution in [-0.2, 0) is 4.43 Å². The first kappa shape index (κ1) is 17.3. The zero-order valence-corrected chi connectivity index (χ0v) is 15.7. The maximum absolute atomic E-state index is 6.38. The van der Waals surface area contributed by atoms with Gasteiger partial charge >= 0.3 is 0 Å². The van der Waals surface area contributed by atoms with Crippen LogP contribution in [0.5, 0.6) is 0 Å². The van der Waals surface area contributed by atoms with Gasteiger partial charge in [0.25, 0.3) is 0 Å². The molecule has 2 N–H and O–H groups in total. The Hall–Kier alpha value is -1.07.